The van der Waals surface area contributed by atoms with Crippen LogP contribution in [0.2, 0.25) is 0 Å². The van der Waals surface area contributed by atoms with Crippen LogP contribution < -0.4 is 20.1 Å². The molecule has 1 amide bonds. The standard InChI is InChI=1S/C17H19N3O3/c21-17(14-8-4-10-18-14)19-16-15(9-5-11-20(16)22)23-12-13-6-2-1-3-7-13/h1-3,5-7,9,11,14,18,22H,4,8,10,12H2/p+1/t14-/m0/s1. The number of carbonyl (C=O) groups excluding carboxylic acids is 1. The summed E-state index contributed by atoms with van der Waals surface area (Å²) in [5, 5.41) is 15.9. The molecule has 0 unspecified atom stereocenters. The highest BCUT2D eigenvalue weighted by Crippen LogP contribution is 2.21. The molecule has 120 valence electrons. The van der Waals surface area contributed by atoms with E-state index in [2.05, 4.69) is 10.6 Å². The van der Waals surface area contributed by atoms with Crippen LogP contribution in [0.3, 0.4) is 0 Å². The van der Waals surface area contributed by atoms with Crippen LogP contribution in [-0.2, 0) is 11.4 Å². The van der Waals surface area contributed by atoms with Gasteiger partial charge in [-0.15, -0.1) is 0 Å². The first kappa shape index (κ1) is 15.3. The van der Waals surface area contributed by atoms with E-state index in [1.165, 1.54) is 6.20 Å². The molecule has 1 atom stereocenters. The molecule has 0 spiro atoms. The minimum Gasteiger partial charge on any atom is -0.481 e. The molecular weight excluding hydrogens is 294 g/mol. The number of hydrogen-bond donors (Lipinski definition) is 3. The number of ether oxygens (including phenoxy) is 1. The van der Waals surface area contributed by atoms with Gasteiger partial charge in [0, 0.05) is 0 Å². The van der Waals surface area contributed by atoms with Gasteiger partial charge in [0.25, 0.3) is 0 Å². The van der Waals surface area contributed by atoms with Crippen LogP contribution in [-0.4, -0.2) is 23.7 Å². The van der Waals surface area contributed by atoms with Crippen LogP contribution in [0, 0.1) is 0 Å². The Balaban J connectivity index is 1.72. The molecular formula is C17H20N3O3+. The molecule has 1 saturated heterocycles. The van der Waals surface area contributed by atoms with E-state index >= 15 is 0 Å². The smallest absolute Gasteiger partial charge is 0.363 e. The van der Waals surface area contributed by atoms with Gasteiger partial charge in [-0.25, -0.2) is 10.1 Å². The highest BCUT2D eigenvalue weighted by atomic mass is 16.5. The van der Waals surface area contributed by atoms with Gasteiger partial charge in [0.1, 0.15) is 18.8 Å². The Morgan fingerprint density at radius 1 is 1.30 bits per heavy atom. The van der Waals surface area contributed by atoms with Gasteiger partial charge in [-0.1, -0.05) is 30.3 Å². The van der Waals surface area contributed by atoms with Crippen molar-refractivity contribution in [1.82, 2.24) is 5.32 Å². The SMILES string of the molecule is O=C(Nc1c(OCc2ccccc2)ccc[n+]1O)[C@@H]1CCCN1. The van der Waals surface area contributed by atoms with Gasteiger partial charge in [0.2, 0.25) is 5.75 Å². The summed E-state index contributed by atoms with van der Waals surface area (Å²) in [6, 6.07) is 12.9. The summed E-state index contributed by atoms with van der Waals surface area (Å²) < 4.78 is 6.62. The maximum Gasteiger partial charge on any atom is 0.363 e. The number of nitrogens with one attached hydrogen (secondary N) is 2. The summed E-state index contributed by atoms with van der Waals surface area (Å²) in [5.41, 5.74) is 1.01. The molecule has 23 heavy (non-hydrogen) atoms. The monoisotopic (exact) mass is 314 g/mol. The molecule has 1 aliphatic rings. The number of carbonyl (C=O) groups is 1. The van der Waals surface area contributed by atoms with Crippen molar-refractivity contribution in [2.45, 2.75) is 25.5 Å². The van der Waals surface area contributed by atoms with Crippen LogP contribution in [0.1, 0.15) is 18.4 Å². The predicted octanol–water partition coefficient (Wildman–Crippen LogP) is 1.48. The Kier molecular flexibility index (Phi) is 4.73. The average Bonchev–Trinajstić information content (AvgIpc) is 3.11. The van der Waals surface area contributed by atoms with Crippen LogP contribution in [0.4, 0.5) is 5.82 Å². The van der Waals surface area contributed by atoms with Crippen molar-refractivity contribution in [1.29, 1.82) is 0 Å². The van der Waals surface area contributed by atoms with Crippen molar-refractivity contribution < 1.29 is 19.5 Å². The molecule has 1 aromatic heterocycles. The summed E-state index contributed by atoms with van der Waals surface area (Å²) in [6.07, 6.45) is 3.22. The average molecular weight is 314 g/mol. The number of amides is 1. The zero-order chi connectivity index (χ0) is 16.1. The van der Waals surface area contributed by atoms with Crippen LogP contribution >= 0.6 is 0 Å². The topological polar surface area (TPSA) is 74.5 Å². The quantitative estimate of drug-likeness (QED) is 0.577. The third-order valence-electron chi connectivity index (χ3n) is 3.79. The fourth-order valence-corrected chi connectivity index (χ4v) is 2.56. The van der Waals surface area contributed by atoms with Gasteiger partial charge < -0.3 is 15.3 Å². The maximum absolute atomic E-state index is 12.2. The predicted molar refractivity (Wildman–Crippen MR) is 84.2 cm³/mol. The molecule has 1 aliphatic heterocycles. The van der Waals surface area contributed by atoms with Gasteiger partial charge in [0.15, 0.2) is 0 Å². The fourth-order valence-electron chi connectivity index (χ4n) is 2.56. The number of benzene rings is 1. The lowest BCUT2D eigenvalue weighted by molar-refractivity contribution is -0.893. The number of hydrogen-bond acceptors (Lipinski definition) is 4. The Morgan fingerprint density at radius 2 is 2.13 bits per heavy atom. The lowest BCUT2D eigenvalue weighted by Crippen LogP contribution is -2.41. The van der Waals surface area contributed by atoms with E-state index < -0.39 is 0 Å². The van der Waals surface area contributed by atoms with Crippen LogP contribution in [0.15, 0.2) is 48.7 Å². The van der Waals surface area contributed by atoms with E-state index in [-0.39, 0.29) is 17.8 Å². The zero-order valence-corrected chi connectivity index (χ0v) is 12.7. The van der Waals surface area contributed by atoms with Crippen molar-refractivity contribution in [2.24, 2.45) is 0 Å². The van der Waals surface area contributed by atoms with E-state index in [1.807, 2.05) is 30.3 Å². The summed E-state index contributed by atoms with van der Waals surface area (Å²) in [4.78, 5) is 12.2. The number of anilines is 1. The molecule has 0 bridgehead atoms. The third kappa shape index (κ3) is 3.78. The largest absolute Gasteiger partial charge is 0.481 e. The molecule has 6 heteroatoms. The molecule has 1 aromatic carbocycles. The second-order valence-corrected chi connectivity index (χ2v) is 5.48. The zero-order valence-electron chi connectivity index (χ0n) is 12.7. The molecule has 0 saturated carbocycles. The van der Waals surface area contributed by atoms with E-state index in [0.717, 1.165) is 29.7 Å². The van der Waals surface area contributed by atoms with Gasteiger partial charge in [-0.2, -0.15) is 0 Å². The molecule has 0 radical (unpaired) electrons. The first-order chi connectivity index (χ1) is 11.2. The lowest BCUT2D eigenvalue weighted by atomic mass is 10.2. The Bertz CT molecular complexity index is 670. The molecule has 0 aliphatic carbocycles. The van der Waals surface area contributed by atoms with E-state index in [4.69, 9.17) is 4.74 Å². The molecule has 3 rings (SSSR count). The Morgan fingerprint density at radius 3 is 2.87 bits per heavy atom. The van der Waals surface area contributed by atoms with Gasteiger partial charge in [-0.3, -0.25) is 0 Å². The number of aromatic nitrogens is 1. The molecule has 3 N–H and O–H groups in total. The van der Waals surface area contributed by atoms with Crippen LogP contribution in [0.5, 0.6) is 5.75 Å². The summed E-state index contributed by atoms with van der Waals surface area (Å²) >= 11 is 0. The van der Waals surface area contributed by atoms with Crippen molar-refractivity contribution in [3.63, 3.8) is 0 Å². The van der Waals surface area contributed by atoms with Crippen molar-refractivity contribution in [3.8, 4) is 5.75 Å². The van der Waals surface area contributed by atoms with Gasteiger partial charge in [0.05, 0.1) is 0 Å². The number of nitrogens with zero attached hydrogens (tertiary/aromatic N) is 1. The first-order valence-electron chi connectivity index (χ1n) is 7.69. The summed E-state index contributed by atoms with van der Waals surface area (Å²) in [5.74, 6) is 0.494. The lowest BCUT2D eigenvalue weighted by Gasteiger charge is -2.10. The second kappa shape index (κ2) is 7.11. The van der Waals surface area contributed by atoms with Gasteiger partial charge in [-0.05, 0) is 41.8 Å². The molecule has 2 heterocycles. The minimum absolute atomic E-state index is 0.166. The third-order valence-corrected chi connectivity index (χ3v) is 3.79. The summed E-state index contributed by atoms with van der Waals surface area (Å²) in [6.45, 7) is 1.19. The molecule has 2 aromatic rings. The first-order valence-corrected chi connectivity index (χ1v) is 7.69. The van der Waals surface area contributed by atoms with E-state index in [0.29, 0.717) is 12.4 Å². The van der Waals surface area contributed by atoms with E-state index in [1.54, 1.807) is 12.1 Å². The Hall–Kier alpha value is -2.60. The Labute approximate surface area is 134 Å². The normalized spacial score (nSPS) is 17.0. The summed E-state index contributed by atoms with van der Waals surface area (Å²) in [7, 11) is 0. The number of pyridine rings is 1. The van der Waals surface area contributed by atoms with Crippen LogP contribution in [0.25, 0.3) is 0 Å². The second-order valence-electron chi connectivity index (χ2n) is 5.48. The highest BCUT2D eigenvalue weighted by molar-refractivity contribution is 5.94. The van der Waals surface area contributed by atoms with E-state index in [9.17, 15) is 10.0 Å². The van der Waals surface area contributed by atoms with Crippen molar-refractivity contribution in [3.05, 3.63) is 54.2 Å². The van der Waals surface area contributed by atoms with Gasteiger partial charge >= 0.3 is 11.7 Å². The van der Waals surface area contributed by atoms with Crippen molar-refractivity contribution in [2.75, 3.05) is 11.9 Å². The highest BCUT2D eigenvalue weighted by Gasteiger charge is 2.29. The fraction of sp³-hybridized carbons (Fsp3) is 0.294. The molecule has 6 nitrogen and oxygen atoms in total. The molecule has 1 fully saturated rings. The van der Waals surface area contributed by atoms with Crippen molar-refractivity contribution >= 4 is 11.7 Å². The minimum atomic E-state index is -0.225. The number of rotatable bonds is 5. The maximum atomic E-state index is 12.2.